The lowest BCUT2D eigenvalue weighted by atomic mass is 10.3. The highest BCUT2D eigenvalue weighted by molar-refractivity contribution is 7.16. The number of hydrogen-bond acceptors (Lipinski definition) is 3. The molecular formula is C8H10N2S. The van der Waals surface area contributed by atoms with E-state index in [1.807, 2.05) is 7.05 Å². The van der Waals surface area contributed by atoms with Crippen LogP contribution in [0.25, 0.3) is 12.2 Å². The van der Waals surface area contributed by atoms with Crippen LogP contribution < -0.4 is 5.32 Å². The van der Waals surface area contributed by atoms with Crippen molar-refractivity contribution in [2.45, 2.75) is 0 Å². The van der Waals surface area contributed by atoms with E-state index in [1.165, 1.54) is 0 Å². The van der Waals surface area contributed by atoms with Gasteiger partial charge < -0.3 is 5.32 Å². The summed E-state index contributed by atoms with van der Waals surface area (Å²) < 4.78 is 0. The van der Waals surface area contributed by atoms with Crippen LogP contribution in [0.1, 0.15) is 10.6 Å². The van der Waals surface area contributed by atoms with Crippen LogP contribution in [0.15, 0.2) is 13.2 Å². The van der Waals surface area contributed by atoms with Crippen molar-refractivity contribution in [1.82, 2.24) is 4.98 Å². The van der Waals surface area contributed by atoms with Gasteiger partial charge in [-0.3, -0.25) is 0 Å². The Hall–Kier alpha value is -1.09. The van der Waals surface area contributed by atoms with Gasteiger partial charge in [-0.15, -0.1) is 0 Å². The van der Waals surface area contributed by atoms with E-state index < -0.39 is 0 Å². The van der Waals surface area contributed by atoms with Crippen LogP contribution in [0.3, 0.4) is 0 Å². The van der Waals surface area contributed by atoms with E-state index in [9.17, 15) is 0 Å². The van der Waals surface area contributed by atoms with Crippen molar-refractivity contribution in [2.24, 2.45) is 0 Å². The van der Waals surface area contributed by atoms with E-state index in [0.717, 1.165) is 15.7 Å². The molecule has 2 nitrogen and oxygen atoms in total. The SMILES string of the molecule is C=Cc1nc(NC)sc1C=C. The first-order chi connectivity index (χ1) is 5.31. The molecule has 0 unspecified atom stereocenters. The molecule has 1 aromatic rings. The second kappa shape index (κ2) is 3.34. The minimum absolute atomic E-state index is 0.898. The lowest BCUT2D eigenvalue weighted by Gasteiger charge is -1.85. The van der Waals surface area contributed by atoms with Crippen molar-refractivity contribution >= 4 is 28.6 Å². The fraction of sp³-hybridized carbons (Fsp3) is 0.125. The number of nitrogens with one attached hydrogen (secondary N) is 1. The Morgan fingerprint density at radius 1 is 1.45 bits per heavy atom. The molecule has 0 bridgehead atoms. The summed E-state index contributed by atoms with van der Waals surface area (Å²) in [6.45, 7) is 7.34. The molecule has 11 heavy (non-hydrogen) atoms. The standard InChI is InChI=1S/C8H10N2S/c1-4-6-7(5-2)11-8(9-3)10-6/h4-5H,1-2H2,3H3,(H,9,10). The van der Waals surface area contributed by atoms with E-state index in [2.05, 4.69) is 23.5 Å². The third-order valence-electron chi connectivity index (χ3n) is 1.27. The van der Waals surface area contributed by atoms with Crippen molar-refractivity contribution in [1.29, 1.82) is 0 Å². The molecule has 0 saturated carbocycles. The zero-order valence-corrected chi connectivity index (χ0v) is 7.24. The minimum atomic E-state index is 0.898. The zero-order chi connectivity index (χ0) is 8.27. The normalized spacial score (nSPS) is 9.18. The molecule has 1 aromatic heterocycles. The second-order valence-corrected chi connectivity index (χ2v) is 2.96. The van der Waals surface area contributed by atoms with Gasteiger partial charge in [0.05, 0.1) is 10.6 Å². The summed E-state index contributed by atoms with van der Waals surface area (Å²) in [5, 5.41) is 3.87. The van der Waals surface area contributed by atoms with Gasteiger partial charge in [0.2, 0.25) is 0 Å². The Labute approximate surface area is 70.3 Å². The monoisotopic (exact) mass is 166 g/mol. The number of thiazole rings is 1. The van der Waals surface area contributed by atoms with E-state index in [1.54, 1.807) is 23.5 Å². The van der Waals surface area contributed by atoms with Crippen LogP contribution in [-0.4, -0.2) is 12.0 Å². The molecule has 58 valence electrons. The average Bonchev–Trinajstić information content (AvgIpc) is 2.46. The third kappa shape index (κ3) is 1.49. The first-order valence-electron chi connectivity index (χ1n) is 3.25. The molecule has 1 heterocycles. The first-order valence-corrected chi connectivity index (χ1v) is 4.07. The Morgan fingerprint density at radius 2 is 2.18 bits per heavy atom. The maximum Gasteiger partial charge on any atom is 0.183 e. The molecule has 0 aliphatic carbocycles. The largest absolute Gasteiger partial charge is 0.365 e. The van der Waals surface area contributed by atoms with Crippen LogP contribution in [0.5, 0.6) is 0 Å². The highest BCUT2D eigenvalue weighted by atomic mass is 32.1. The lowest BCUT2D eigenvalue weighted by molar-refractivity contribution is 1.34. The summed E-state index contributed by atoms with van der Waals surface area (Å²) >= 11 is 1.57. The van der Waals surface area contributed by atoms with Gasteiger partial charge in [-0.2, -0.15) is 0 Å². The smallest absolute Gasteiger partial charge is 0.183 e. The van der Waals surface area contributed by atoms with Gasteiger partial charge in [-0.1, -0.05) is 24.5 Å². The van der Waals surface area contributed by atoms with E-state index in [0.29, 0.717) is 0 Å². The molecule has 0 fully saturated rings. The summed E-state index contributed by atoms with van der Waals surface area (Å²) in [7, 11) is 1.85. The minimum Gasteiger partial charge on any atom is -0.365 e. The first kappa shape index (κ1) is 8.01. The van der Waals surface area contributed by atoms with Gasteiger partial charge >= 0.3 is 0 Å². The number of nitrogens with zero attached hydrogens (tertiary/aromatic N) is 1. The molecule has 0 spiro atoms. The highest BCUT2D eigenvalue weighted by Gasteiger charge is 2.02. The fourth-order valence-electron chi connectivity index (χ4n) is 0.743. The maximum absolute atomic E-state index is 4.24. The van der Waals surface area contributed by atoms with Crippen LogP contribution in [-0.2, 0) is 0 Å². The van der Waals surface area contributed by atoms with E-state index in [4.69, 9.17) is 0 Å². The summed E-state index contributed by atoms with van der Waals surface area (Å²) in [6.07, 6.45) is 3.52. The number of rotatable bonds is 3. The third-order valence-corrected chi connectivity index (χ3v) is 2.36. The van der Waals surface area contributed by atoms with E-state index in [-0.39, 0.29) is 0 Å². The van der Waals surface area contributed by atoms with Gasteiger partial charge in [0.1, 0.15) is 0 Å². The quantitative estimate of drug-likeness (QED) is 0.746. The van der Waals surface area contributed by atoms with Gasteiger partial charge in [-0.05, 0) is 12.2 Å². The number of anilines is 1. The van der Waals surface area contributed by atoms with Gasteiger partial charge in [-0.25, -0.2) is 4.98 Å². The molecule has 0 aliphatic rings. The molecule has 0 radical (unpaired) electrons. The maximum atomic E-state index is 4.24. The molecule has 3 heteroatoms. The molecule has 1 N–H and O–H groups in total. The van der Waals surface area contributed by atoms with Gasteiger partial charge in [0.15, 0.2) is 5.13 Å². The van der Waals surface area contributed by atoms with Crippen molar-refractivity contribution < 1.29 is 0 Å². The second-order valence-electron chi connectivity index (χ2n) is 1.93. The number of hydrogen-bond donors (Lipinski definition) is 1. The summed E-state index contributed by atoms with van der Waals surface area (Å²) in [5.41, 5.74) is 0.898. The molecular weight excluding hydrogens is 156 g/mol. The number of aromatic nitrogens is 1. The Bertz CT molecular complexity index is 250. The van der Waals surface area contributed by atoms with Crippen LogP contribution in [0.2, 0.25) is 0 Å². The Morgan fingerprint density at radius 3 is 2.55 bits per heavy atom. The lowest BCUT2D eigenvalue weighted by Crippen LogP contribution is -1.84. The van der Waals surface area contributed by atoms with Crippen LogP contribution >= 0.6 is 11.3 Å². The highest BCUT2D eigenvalue weighted by Crippen LogP contribution is 2.23. The molecule has 0 saturated heterocycles. The summed E-state index contributed by atoms with van der Waals surface area (Å²) in [5.74, 6) is 0. The predicted molar refractivity (Wildman–Crippen MR) is 51.8 cm³/mol. The zero-order valence-electron chi connectivity index (χ0n) is 6.42. The molecule has 1 rings (SSSR count). The fourth-order valence-corrected chi connectivity index (χ4v) is 1.51. The van der Waals surface area contributed by atoms with E-state index >= 15 is 0 Å². The predicted octanol–water partition coefficient (Wildman–Crippen LogP) is 2.47. The van der Waals surface area contributed by atoms with Gasteiger partial charge in [0.25, 0.3) is 0 Å². The Balaban J connectivity index is 3.11. The van der Waals surface area contributed by atoms with Crippen LogP contribution in [0, 0.1) is 0 Å². The van der Waals surface area contributed by atoms with Gasteiger partial charge in [0, 0.05) is 7.05 Å². The topological polar surface area (TPSA) is 24.9 Å². The molecule has 0 aliphatic heterocycles. The Kier molecular flexibility index (Phi) is 2.44. The molecule has 0 atom stereocenters. The van der Waals surface area contributed by atoms with Crippen LogP contribution in [0.4, 0.5) is 5.13 Å². The average molecular weight is 166 g/mol. The summed E-state index contributed by atoms with van der Waals surface area (Å²) in [4.78, 5) is 5.30. The van der Waals surface area contributed by atoms with Crippen molar-refractivity contribution in [3.63, 3.8) is 0 Å². The van der Waals surface area contributed by atoms with Crippen molar-refractivity contribution in [2.75, 3.05) is 12.4 Å². The summed E-state index contributed by atoms with van der Waals surface area (Å²) in [6, 6.07) is 0. The van der Waals surface area contributed by atoms with Crippen molar-refractivity contribution in [3.8, 4) is 0 Å². The molecule has 0 amide bonds. The van der Waals surface area contributed by atoms with Crippen molar-refractivity contribution in [3.05, 3.63) is 23.7 Å². The molecule has 0 aromatic carbocycles.